The van der Waals surface area contributed by atoms with Crippen molar-refractivity contribution < 1.29 is 19.5 Å². The summed E-state index contributed by atoms with van der Waals surface area (Å²) in [6.07, 6.45) is 2.69. The summed E-state index contributed by atoms with van der Waals surface area (Å²) in [5.74, 6) is -0.725. The number of nitrogens with one attached hydrogen (secondary N) is 2. The lowest BCUT2D eigenvalue weighted by atomic mass is 9.90. The molecule has 1 aliphatic carbocycles. The van der Waals surface area contributed by atoms with E-state index < -0.39 is 5.97 Å². The molecule has 0 bridgehead atoms. The van der Waals surface area contributed by atoms with Crippen LogP contribution < -0.4 is 10.6 Å². The quantitative estimate of drug-likeness (QED) is 0.724. The number of amides is 2. The molecule has 0 aliphatic heterocycles. The number of aliphatic carboxylic acids is 1. The molecule has 2 rings (SSSR count). The Labute approximate surface area is 122 Å². The summed E-state index contributed by atoms with van der Waals surface area (Å²) in [5, 5.41) is 13.8. The average Bonchev–Trinajstić information content (AvgIpc) is 2.43. The third-order valence-corrected chi connectivity index (χ3v) is 3.37. The molecule has 0 spiro atoms. The van der Waals surface area contributed by atoms with Crippen molar-refractivity contribution in [3.05, 3.63) is 29.3 Å². The third kappa shape index (κ3) is 4.30. The molecule has 0 saturated carbocycles. The van der Waals surface area contributed by atoms with E-state index in [1.807, 2.05) is 6.07 Å². The molecule has 0 atom stereocenters. The molecule has 0 fully saturated rings. The highest BCUT2D eigenvalue weighted by molar-refractivity contribution is 5.99. The van der Waals surface area contributed by atoms with Gasteiger partial charge in [0.25, 0.3) is 0 Å². The van der Waals surface area contributed by atoms with E-state index in [1.165, 1.54) is 0 Å². The number of carboxylic acid groups (broad SMARTS) is 1. The maximum absolute atomic E-state index is 11.7. The normalized spacial score (nSPS) is 13.4. The number of hydrogen-bond acceptors (Lipinski definition) is 3. The molecule has 6 nitrogen and oxygen atoms in total. The van der Waals surface area contributed by atoms with Crippen LogP contribution in [0.3, 0.4) is 0 Å². The van der Waals surface area contributed by atoms with Crippen molar-refractivity contribution in [1.29, 1.82) is 0 Å². The van der Waals surface area contributed by atoms with Gasteiger partial charge in [-0.3, -0.25) is 9.59 Å². The van der Waals surface area contributed by atoms with Gasteiger partial charge in [0.05, 0.1) is 0 Å². The molecule has 0 unspecified atom stereocenters. The van der Waals surface area contributed by atoms with E-state index in [0.717, 1.165) is 24.0 Å². The molecule has 1 aromatic rings. The zero-order chi connectivity index (χ0) is 15.2. The van der Waals surface area contributed by atoms with Gasteiger partial charge in [-0.05, 0) is 43.0 Å². The van der Waals surface area contributed by atoms with E-state index in [9.17, 15) is 14.4 Å². The van der Waals surface area contributed by atoms with Gasteiger partial charge in [0.1, 0.15) is 0 Å². The first-order valence-corrected chi connectivity index (χ1v) is 6.99. The molecule has 1 aliphatic rings. The molecule has 1 aromatic carbocycles. The molecular weight excluding hydrogens is 272 g/mol. The van der Waals surface area contributed by atoms with Crippen molar-refractivity contribution in [2.45, 2.75) is 32.1 Å². The third-order valence-electron chi connectivity index (χ3n) is 3.37. The van der Waals surface area contributed by atoms with Crippen LogP contribution >= 0.6 is 0 Å². The number of benzene rings is 1. The van der Waals surface area contributed by atoms with Crippen molar-refractivity contribution in [2.75, 3.05) is 11.9 Å². The summed E-state index contributed by atoms with van der Waals surface area (Å²) in [6, 6.07) is 4.90. The molecule has 2 amide bonds. The Kier molecular flexibility index (Phi) is 4.92. The Bertz CT molecular complexity index is 569. The van der Waals surface area contributed by atoms with Crippen molar-refractivity contribution >= 4 is 23.5 Å². The van der Waals surface area contributed by atoms with Crippen LogP contribution in [0.25, 0.3) is 0 Å². The van der Waals surface area contributed by atoms with Crippen LogP contribution in [0.15, 0.2) is 18.2 Å². The number of ketones is 1. The standard InChI is InChI=1S/C15H18N2O4/c18-13-4-1-3-10-9-11(6-7-12(10)13)17-15(21)16-8-2-5-14(19)20/h6-7,9H,1-5,8H2,(H,19,20)(H2,16,17,21). The predicted octanol–water partition coefficient (Wildman–Crippen LogP) is 2.19. The summed E-state index contributed by atoms with van der Waals surface area (Å²) in [5.41, 5.74) is 2.35. The molecular formula is C15H18N2O4. The van der Waals surface area contributed by atoms with Gasteiger partial charge in [-0.2, -0.15) is 0 Å². The summed E-state index contributed by atoms with van der Waals surface area (Å²) < 4.78 is 0. The molecule has 0 radical (unpaired) electrons. The van der Waals surface area contributed by atoms with E-state index in [1.54, 1.807) is 12.1 Å². The van der Waals surface area contributed by atoms with Gasteiger partial charge in [0.2, 0.25) is 0 Å². The minimum Gasteiger partial charge on any atom is -0.481 e. The maximum Gasteiger partial charge on any atom is 0.319 e. The second kappa shape index (κ2) is 6.88. The lowest BCUT2D eigenvalue weighted by molar-refractivity contribution is -0.137. The van der Waals surface area contributed by atoms with Crippen LogP contribution in [0.5, 0.6) is 0 Å². The number of rotatable bonds is 5. The number of fused-ring (bicyclic) bond motifs is 1. The fourth-order valence-electron chi connectivity index (χ4n) is 2.34. The van der Waals surface area contributed by atoms with Crippen molar-refractivity contribution in [2.24, 2.45) is 0 Å². The first-order chi connectivity index (χ1) is 10.1. The number of carbonyl (C=O) groups excluding carboxylic acids is 2. The van der Waals surface area contributed by atoms with E-state index in [0.29, 0.717) is 25.1 Å². The van der Waals surface area contributed by atoms with Crippen LogP contribution in [-0.4, -0.2) is 29.4 Å². The molecule has 0 aromatic heterocycles. The first kappa shape index (κ1) is 15.0. The smallest absolute Gasteiger partial charge is 0.319 e. The van der Waals surface area contributed by atoms with Crippen molar-refractivity contribution in [3.63, 3.8) is 0 Å². The number of anilines is 1. The molecule has 21 heavy (non-hydrogen) atoms. The SMILES string of the molecule is O=C(O)CCCNC(=O)Nc1ccc2c(c1)CCCC2=O. The number of hydrogen-bond donors (Lipinski definition) is 3. The first-order valence-electron chi connectivity index (χ1n) is 6.99. The second-order valence-corrected chi connectivity index (χ2v) is 5.03. The summed E-state index contributed by atoms with van der Waals surface area (Å²) >= 11 is 0. The van der Waals surface area contributed by atoms with E-state index >= 15 is 0 Å². The minimum atomic E-state index is -0.878. The predicted molar refractivity (Wildman–Crippen MR) is 77.6 cm³/mol. The highest BCUT2D eigenvalue weighted by Gasteiger charge is 2.17. The zero-order valence-corrected chi connectivity index (χ0v) is 11.6. The molecule has 3 N–H and O–H groups in total. The van der Waals surface area contributed by atoms with Crippen LogP contribution in [0.2, 0.25) is 0 Å². The topological polar surface area (TPSA) is 95.5 Å². The summed E-state index contributed by atoms with van der Waals surface area (Å²) in [4.78, 5) is 33.7. The van der Waals surface area contributed by atoms with Gasteiger partial charge in [0, 0.05) is 30.6 Å². The minimum absolute atomic E-state index is 0.0290. The lowest BCUT2D eigenvalue weighted by Gasteiger charge is -2.16. The fourth-order valence-corrected chi connectivity index (χ4v) is 2.34. The highest BCUT2D eigenvalue weighted by atomic mass is 16.4. The Morgan fingerprint density at radius 1 is 1.24 bits per heavy atom. The monoisotopic (exact) mass is 290 g/mol. The summed E-state index contributed by atoms with van der Waals surface area (Å²) in [7, 11) is 0. The van der Waals surface area contributed by atoms with Crippen molar-refractivity contribution in [1.82, 2.24) is 5.32 Å². The number of aryl methyl sites for hydroxylation is 1. The Morgan fingerprint density at radius 2 is 2.05 bits per heavy atom. The van der Waals surface area contributed by atoms with E-state index in [2.05, 4.69) is 10.6 Å². The molecule has 112 valence electrons. The van der Waals surface area contributed by atoms with Crippen LogP contribution in [0.4, 0.5) is 10.5 Å². The van der Waals surface area contributed by atoms with E-state index in [-0.39, 0.29) is 18.2 Å². The maximum atomic E-state index is 11.7. The average molecular weight is 290 g/mol. The fraction of sp³-hybridized carbons (Fsp3) is 0.400. The number of Topliss-reactive ketones (excluding diaryl/α,β-unsaturated/α-hetero) is 1. The number of urea groups is 1. The van der Waals surface area contributed by atoms with Crippen LogP contribution in [0, 0.1) is 0 Å². The number of carboxylic acids is 1. The molecule has 6 heteroatoms. The second-order valence-electron chi connectivity index (χ2n) is 5.03. The van der Waals surface area contributed by atoms with Gasteiger partial charge in [-0.1, -0.05) is 0 Å². The van der Waals surface area contributed by atoms with Crippen molar-refractivity contribution in [3.8, 4) is 0 Å². The zero-order valence-electron chi connectivity index (χ0n) is 11.6. The Morgan fingerprint density at radius 3 is 2.81 bits per heavy atom. The number of carbonyl (C=O) groups is 3. The molecule has 0 heterocycles. The van der Waals surface area contributed by atoms with Gasteiger partial charge < -0.3 is 15.7 Å². The van der Waals surface area contributed by atoms with Gasteiger partial charge >= 0.3 is 12.0 Å². The Hall–Kier alpha value is -2.37. The van der Waals surface area contributed by atoms with Crippen LogP contribution in [0.1, 0.15) is 41.6 Å². The van der Waals surface area contributed by atoms with Gasteiger partial charge in [-0.15, -0.1) is 0 Å². The lowest BCUT2D eigenvalue weighted by Crippen LogP contribution is -2.30. The summed E-state index contributed by atoms with van der Waals surface area (Å²) in [6.45, 7) is 0.307. The molecule has 0 saturated heterocycles. The van der Waals surface area contributed by atoms with Gasteiger partial charge in [-0.25, -0.2) is 4.79 Å². The Balaban J connectivity index is 1.87. The van der Waals surface area contributed by atoms with Gasteiger partial charge in [0.15, 0.2) is 5.78 Å². The largest absolute Gasteiger partial charge is 0.481 e. The highest BCUT2D eigenvalue weighted by Crippen LogP contribution is 2.24. The van der Waals surface area contributed by atoms with E-state index in [4.69, 9.17) is 5.11 Å². The van der Waals surface area contributed by atoms with Crippen LogP contribution in [-0.2, 0) is 11.2 Å².